The first-order valence-electron chi connectivity index (χ1n) is 8.99. The summed E-state index contributed by atoms with van der Waals surface area (Å²) in [4.78, 5) is 18.8. The van der Waals surface area contributed by atoms with Crippen molar-refractivity contribution >= 4 is 5.91 Å². The molecule has 1 atom stereocenters. The molecule has 1 aromatic carbocycles. The van der Waals surface area contributed by atoms with Crippen molar-refractivity contribution in [1.29, 1.82) is 0 Å². The molecule has 1 saturated heterocycles. The highest BCUT2D eigenvalue weighted by molar-refractivity contribution is 5.78. The molecule has 1 aromatic heterocycles. The zero-order valence-corrected chi connectivity index (χ0v) is 16.2. The highest BCUT2D eigenvalue weighted by atomic mass is 16.5. The van der Waals surface area contributed by atoms with Crippen LogP contribution in [0.4, 0.5) is 0 Å². The Labute approximate surface area is 154 Å². The molecule has 1 aliphatic rings. The maximum Gasteiger partial charge on any atom is 0.226 e. The van der Waals surface area contributed by atoms with Gasteiger partial charge in [0, 0.05) is 25.7 Å². The fourth-order valence-electron chi connectivity index (χ4n) is 3.54. The van der Waals surface area contributed by atoms with Crippen LogP contribution in [0.3, 0.4) is 0 Å². The smallest absolute Gasteiger partial charge is 0.226 e. The Morgan fingerprint density at radius 3 is 2.81 bits per heavy atom. The number of amides is 1. The van der Waals surface area contributed by atoms with Crippen LogP contribution in [0.2, 0.25) is 0 Å². The van der Waals surface area contributed by atoms with E-state index in [1.54, 1.807) is 14.2 Å². The van der Waals surface area contributed by atoms with E-state index in [2.05, 4.69) is 17.1 Å². The van der Waals surface area contributed by atoms with Gasteiger partial charge in [0.25, 0.3) is 0 Å². The highest BCUT2D eigenvalue weighted by Crippen LogP contribution is 2.32. The lowest BCUT2D eigenvalue weighted by molar-refractivity contribution is -0.124. The van der Waals surface area contributed by atoms with Crippen molar-refractivity contribution in [3.8, 4) is 17.2 Å². The lowest BCUT2D eigenvalue weighted by atomic mass is 10.0. The molecule has 2 aromatic rings. The van der Waals surface area contributed by atoms with E-state index in [1.165, 1.54) is 0 Å². The second-order valence-corrected chi connectivity index (χ2v) is 6.92. The highest BCUT2D eigenvalue weighted by Gasteiger charge is 2.28. The van der Waals surface area contributed by atoms with Crippen LogP contribution >= 0.6 is 0 Å². The minimum absolute atomic E-state index is 0.0677. The minimum atomic E-state index is 0.0677. The monoisotopic (exact) mass is 357 g/mol. The first-order chi connectivity index (χ1) is 12.4. The van der Waals surface area contributed by atoms with Crippen molar-refractivity contribution in [2.24, 2.45) is 5.92 Å². The summed E-state index contributed by atoms with van der Waals surface area (Å²) in [5, 5.41) is 2.74. The third-order valence-corrected chi connectivity index (χ3v) is 5.34. The molecule has 26 heavy (non-hydrogen) atoms. The average Bonchev–Trinajstić information content (AvgIpc) is 3.24. The van der Waals surface area contributed by atoms with Crippen molar-refractivity contribution < 1.29 is 13.9 Å². The SMILES string of the molecule is CNC(=O)C1CCN(Cc2nc(-c3ccc(OC)c(C)c3C)oc2C)C1. The fourth-order valence-corrected chi connectivity index (χ4v) is 3.54. The van der Waals surface area contributed by atoms with Crippen LogP contribution in [0.5, 0.6) is 5.75 Å². The molecule has 0 spiro atoms. The molecule has 2 heterocycles. The molecule has 0 radical (unpaired) electrons. The summed E-state index contributed by atoms with van der Waals surface area (Å²) in [5.41, 5.74) is 4.13. The van der Waals surface area contributed by atoms with Gasteiger partial charge in [-0.05, 0) is 57.0 Å². The van der Waals surface area contributed by atoms with Crippen molar-refractivity contribution in [3.05, 3.63) is 34.7 Å². The topological polar surface area (TPSA) is 67.6 Å². The van der Waals surface area contributed by atoms with Gasteiger partial charge in [0.05, 0.1) is 18.7 Å². The summed E-state index contributed by atoms with van der Waals surface area (Å²) < 4.78 is 11.3. The number of ether oxygens (including phenoxy) is 1. The van der Waals surface area contributed by atoms with E-state index in [-0.39, 0.29) is 11.8 Å². The molecule has 1 fully saturated rings. The second kappa shape index (κ2) is 7.50. The van der Waals surface area contributed by atoms with Gasteiger partial charge in [-0.1, -0.05) is 0 Å². The Kier molecular flexibility index (Phi) is 5.32. The first kappa shape index (κ1) is 18.5. The Hall–Kier alpha value is -2.34. The molecule has 0 saturated carbocycles. The number of rotatable bonds is 5. The molecule has 1 aliphatic heterocycles. The molecule has 0 aliphatic carbocycles. The molecule has 1 unspecified atom stereocenters. The van der Waals surface area contributed by atoms with Gasteiger partial charge in [-0.15, -0.1) is 0 Å². The van der Waals surface area contributed by atoms with E-state index < -0.39 is 0 Å². The quantitative estimate of drug-likeness (QED) is 0.891. The number of methoxy groups -OCH3 is 1. The number of nitrogens with zero attached hydrogens (tertiary/aromatic N) is 2. The summed E-state index contributed by atoms with van der Waals surface area (Å²) >= 11 is 0. The Morgan fingerprint density at radius 1 is 1.35 bits per heavy atom. The van der Waals surface area contributed by atoms with Crippen molar-refractivity contribution in [2.45, 2.75) is 33.7 Å². The third-order valence-electron chi connectivity index (χ3n) is 5.34. The molecule has 1 N–H and O–H groups in total. The van der Waals surface area contributed by atoms with Crippen molar-refractivity contribution in [3.63, 3.8) is 0 Å². The molecular weight excluding hydrogens is 330 g/mol. The van der Waals surface area contributed by atoms with Crippen LogP contribution in [0.1, 0.15) is 29.0 Å². The molecule has 3 rings (SSSR count). The average molecular weight is 357 g/mol. The number of benzene rings is 1. The Balaban J connectivity index is 1.78. The number of hydrogen-bond acceptors (Lipinski definition) is 5. The van der Waals surface area contributed by atoms with Crippen LogP contribution in [0, 0.1) is 26.7 Å². The summed E-state index contributed by atoms with van der Waals surface area (Å²) in [6.45, 7) is 8.42. The maximum absolute atomic E-state index is 11.8. The van der Waals surface area contributed by atoms with Gasteiger partial charge in [-0.25, -0.2) is 4.98 Å². The van der Waals surface area contributed by atoms with E-state index in [1.807, 2.05) is 26.0 Å². The molecule has 6 heteroatoms. The predicted octanol–water partition coefficient (Wildman–Crippen LogP) is 2.84. The summed E-state index contributed by atoms with van der Waals surface area (Å²) in [7, 11) is 3.37. The zero-order valence-electron chi connectivity index (χ0n) is 16.2. The molecular formula is C20H27N3O3. The van der Waals surface area contributed by atoms with Gasteiger partial charge in [0.1, 0.15) is 11.5 Å². The van der Waals surface area contributed by atoms with Gasteiger partial charge in [0.2, 0.25) is 11.8 Å². The van der Waals surface area contributed by atoms with E-state index in [0.717, 1.165) is 53.4 Å². The number of aromatic nitrogens is 1. The van der Waals surface area contributed by atoms with Gasteiger partial charge in [0.15, 0.2) is 0 Å². The van der Waals surface area contributed by atoms with Gasteiger partial charge >= 0.3 is 0 Å². The first-order valence-corrected chi connectivity index (χ1v) is 8.99. The Bertz CT molecular complexity index is 813. The number of hydrogen-bond donors (Lipinski definition) is 1. The van der Waals surface area contributed by atoms with Crippen LogP contribution in [0.25, 0.3) is 11.5 Å². The fraction of sp³-hybridized carbons (Fsp3) is 0.500. The van der Waals surface area contributed by atoms with Crippen LogP contribution in [-0.4, -0.2) is 43.0 Å². The summed E-state index contributed by atoms with van der Waals surface area (Å²) in [6, 6.07) is 3.94. The molecule has 1 amide bonds. The summed E-state index contributed by atoms with van der Waals surface area (Å²) in [5.74, 6) is 2.53. The second-order valence-electron chi connectivity index (χ2n) is 6.92. The van der Waals surface area contributed by atoms with Gasteiger partial charge < -0.3 is 14.5 Å². The number of carbonyl (C=O) groups is 1. The number of nitrogens with one attached hydrogen (secondary N) is 1. The molecule has 6 nitrogen and oxygen atoms in total. The normalized spacial score (nSPS) is 17.5. The van der Waals surface area contributed by atoms with Crippen LogP contribution in [-0.2, 0) is 11.3 Å². The van der Waals surface area contributed by atoms with E-state index in [0.29, 0.717) is 12.4 Å². The van der Waals surface area contributed by atoms with Gasteiger partial charge in [-0.2, -0.15) is 0 Å². The van der Waals surface area contributed by atoms with Crippen molar-refractivity contribution in [1.82, 2.24) is 15.2 Å². The van der Waals surface area contributed by atoms with Crippen LogP contribution < -0.4 is 10.1 Å². The lowest BCUT2D eigenvalue weighted by Gasteiger charge is -2.14. The largest absolute Gasteiger partial charge is 0.496 e. The number of oxazole rings is 1. The minimum Gasteiger partial charge on any atom is -0.496 e. The van der Waals surface area contributed by atoms with E-state index in [9.17, 15) is 4.79 Å². The molecule has 140 valence electrons. The Morgan fingerprint density at radius 2 is 2.12 bits per heavy atom. The van der Waals surface area contributed by atoms with E-state index >= 15 is 0 Å². The standard InChI is InChI=1S/C20H27N3O3/c1-12-13(2)18(25-5)7-6-16(12)20-22-17(14(3)26-20)11-23-9-8-15(10-23)19(24)21-4/h6-7,15H,8-11H2,1-5H3,(H,21,24). The third kappa shape index (κ3) is 3.46. The number of aryl methyl sites for hydroxylation is 1. The number of carbonyl (C=O) groups excluding carboxylic acids is 1. The van der Waals surface area contributed by atoms with Gasteiger partial charge in [-0.3, -0.25) is 9.69 Å². The van der Waals surface area contributed by atoms with E-state index in [4.69, 9.17) is 14.1 Å². The lowest BCUT2D eigenvalue weighted by Crippen LogP contribution is -2.30. The maximum atomic E-state index is 11.8. The van der Waals surface area contributed by atoms with Crippen molar-refractivity contribution in [2.75, 3.05) is 27.2 Å². The summed E-state index contributed by atoms with van der Waals surface area (Å²) in [6.07, 6.45) is 0.889. The zero-order chi connectivity index (χ0) is 18.8. The number of likely N-dealkylation sites (tertiary alicyclic amines) is 1. The predicted molar refractivity (Wildman–Crippen MR) is 100 cm³/mol. The van der Waals surface area contributed by atoms with Crippen LogP contribution in [0.15, 0.2) is 16.5 Å². The molecule has 0 bridgehead atoms.